The molecule has 0 radical (unpaired) electrons. The topological polar surface area (TPSA) is 35.8 Å². The average molecular weight is 268 g/mol. The third-order valence-corrected chi connectivity index (χ3v) is 3.78. The number of rotatable bonds is 3. The van der Waals surface area contributed by atoms with Crippen molar-refractivity contribution in [1.29, 1.82) is 0 Å². The molecule has 0 bridgehead atoms. The number of hydrogen-bond donors (Lipinski definition) is 0. The van der Waals surface area contributed by atoms with Crippen LogP contribution in [0.25, 0.3) is 5.69 Å². The summed E-state index contributed by atoms with van der Waals surface area (Å²) in [4.78, 5) is 4.79. The second-order valence-corrected chi connectivity index (χ2v) is 5.07. The number of benzene rings is 1. The molecule has 0 unspecified atom stereocenters. The third kappa shape index (κ3) is 1.57. The van der Waals surface area contributed by atoms with E-state index in [2.05, 4.69) is 35.9 Å². The second kappa shape index (κ2) is 4.40. The summed E-state index contributed by atoms with van der Waals surface area (Å²) in [5, 5.41) is 0. The van der Waals surface area contributed by atoms with E-state index in [1.165, 1.54) is 0 Å². The maximum atomic E-state index is 5.49. The first-order chi connectivity index (χ1) is 9.88. The lowest BCUT2D eigenvalue weighted by atomic mass is 10.1. The van der Waals surface area contributed by atoms with Gasteiger partial charge in [0.1, 0.15) is 0 Å². The van der Waals surface area contributed by atoms with Gasteiger partial charge in [-0.3, -0.25) is 4.99 Å². The number of aliphatic imine (C=N–C) groups is 1. The first kappa shape index (κ1) is 11.6. The Morgan fingerprint density at radius 3 is 2.95 bits per heavy atom. The molecular formula is C16H16N2O2. The zero-order chi connectivity index (χ0) is 13.5. The van der Waals surface area contributed by atoms with Crippen molar-refractivity contribution in [3.63, 3.8) is 0 Å². The van der Waals surface area contributed by atoms with Gasteiger partial charge in [-0.2, -0.15) is 0 Å². The van der Waals surface area contributed by atoms with Gasteiger partial charge in [0.15, 0.2) is 11.5 Å². The molecule has 0 saturated heterocycles. The molecule has 0 fully saturated rings. The molecule has 0 amide bonds. The highest BCUT2D eigenvalue weighted by Crippen LogP contribution is 2.40. The molecule has 0 aliphatic carbocycles. The Morgan fingerprint density at radius 1 is 1.25 bits per heavy atom. The van der Waals surface area contributed by atoms with E-state index in [4.69, 9.17) is 14.5 Å². The van der Waals surface area contributed by atoms with Gasteiger partial charge in [0, 0.05) is 24.4 Å². The molecule has 0 spiro atoms. The predicted octanol–water partition coefficient (Wildman–Crippen LogP) is 3.16. The van der Waals surface area contributed by atoms with Crippen LogP contribution in [0.4, 0.5) is 0 Å². The van der Waals surface area contributed by atoms with Crippen molar-refractivity contribution in [1.82, 2.24) is 4.57 Å². The van der Waals surface area contributed by atoms with Gasteiger partial charge in [-0.15, -0.1) is 0 Å². The van der Waals surface area contributed by atoms with Crippen LogP contribution >= 0.6 is 0 Å². The number of ether oxygens (including phenoxy) is 2. The molecule has 1 aromatic carbocycles. The molecule has 2 aliphatic rings. The van der Waals surface area contributed by atoms with Crippen LogP contribution in [0, 0.1) is 0 Å². The average Bonchev–Trinajstić information content (AvgIpc) is 3.14. The fraction of sp³-hybridized carbons (Fsp3) is 0.312. The van der Waals surface area contributed by atoms with Crippen LogP contribution in [0.3, 0.4) is 0 Å². The summed E-state index contributed by atoms with van der Waals surface area (Å²) in [6.07, 6.45) is 4.34. The van der Waals surface area contributed by atoms with Crippen LogP contribution in [0.5, 0.6) is 11.5 Å². The lowest BCUT2D eigenvalue weighted by molar-refractivity contribution is 0.174. The Balaban J connectivity index is 1.85. The van der Waals surface area contributed by atoms with Gasteiger partial charge >= 0.3 is 0 Å². The van der Waals surface area contributed by atoms with Gasteiger partial charge in [0.2, 0.25) is 6.79 Å². The van der Waals surface area contributed by atoms with Gasteiger partial charge in [-0.05, 0) is 24.6 Å². The van der Waals surface area contributed by atoms with Gasteiger partial charge in [0.25, 0.3) is 0 Å². The molecule has 2 aliphatic heterocycles. The summed E-state index contributed by atoms with van der Waals surface area (Å²) >= 11 is 0. The molecule has 4 rings (SSSR count). The minimum atomic E-state index is 0.305. The van der Waals surface area contributed by atoms with Crippen molar-refractivity contribution < 1.29 is 9.47 Å². The Hall–Kier alpha value is -2.23. The van der Waals surface area contributed by atoms with Crippen LogP contribution in [0.1, 0.15) is 31.0 Å². The number of hydrogen-bond acceptors (Lipinski definition) is 3. The predicted molar refractivity (Wildman–Crippen MR) is 77.3 cm³/mol. The summed E-state index contributed by atoms with van der Waals surface area (Å²) in [7, 11) is 0. The minimum Gasteiger partial charge on any atom is -0.454 e. The van der Waals surface area contributed by atoms with Crippen LogP contribution in [0.2, 0.25) is 0 Å². The molecule has 4 heteroatoms. The Kier molecular flexibility index (Phi) is 2.55. The fourth-order valence-corrected chi connectivity index (χ4v) is 2.76. The van der Waals surface area contributed by atoms with Crippen molar-refractivity contribution in [2.75, 3.05) is 13.3 Å². The molecule has 0 saturated carbocycles. The largest absolute Gasteiger partial charge is 0.454 e. The van der Waals surface area contributed by atoms with E-state index < -0.39 is 0 Å². The maximum absolute atomic E-state index is 5.49. The first-order valence-corrected chi connectivity index (χ1v) is 7.05. The number of fused-ring (bicyclic) bond motifs is 4. The van der Waals surface area contributed by atoms with Gasteiger partial charge in [-0.25, -0.2) is 0 Å². The standard InChI is InChI=1S/C16H16N2O2/c1-2-3-6-17-16-11-8-14-15(20-10-19-14)9-13(11)18-7-4-5-12(16)18/h4-5,7-9H,2-3,6,10H2,1H3. The van der Waals surface area contributed by atoms with Crippen molar-refractivity contribution in [3.8, 4) is 17.2 Å². The van der Waals surface area contributed by atoms with Crippen molar-refractivity contribution >= 4 is 5.71 Å². The Morgan fingerprint density at radius 2 is 2.10 bits per heavy atom. The normalized spacial score (nSPS) is 16.6. The Labute approximate surface area is 117 Å². The molecule has 0 N–H and O–H groups in total. The summed E-state index contributed by atoms with van der Waals surface area (Å²) < 4.78 is 13.1. The van der Waals surface area contributed by atoms with E-state index in [0.717, 1.165) is 53.5 Å². The van der Waals surface area contributed by atoms with Crippen LogP contribution in [-0.4, -0.2) is 23.6 Å². The molecule has 20 heavy (non-hydrogen) atoms. The van der Waals surface area contributed by atoms with E-state index in [1.54, 1.807) is 0 Å². The van der Waals surface area contributed by atoms with E-state index in [-0.39, 0.29) is 0 Å². The minimum absolute atomic E-state index is 0.305. The fourth-order valence-electron chi connectivity index (χ4n) is 2.76. The molecule has 4 nitrogen and oxygen atoms in total. The van der Waals surface area contributed by atoms with Crippen molar-refractivity contribution in [3.05, 3.63) is 41.7 Å². The summed E-state index contributed by atoms with van der Waals surface area (Å²) in [5.41, 5.74) is 4.49. The van der Waals surface area contributed by atoms with Gasteiger partial charge < -0.3 is 14.0 Å². The quantitative estimate of drug-likeness (QED) is 0.684. The second-order valence-electron chi connectivity index (χ2n) is 5.07. The summed E-state index contributed by atoms with van der Waals surface area (Å²) in [6.45, 7) is 3.35. The molecular weight excluding hydrogens is 252 g/mol. The number of nitrogens with zero attached hydrogens (tertiary/aromatic N) is 2. The molecule has 102 valence electrons. The zero-order valence-corrected chi connectivity index (χ0v) is 11.4. The maximum Gasteiger partial charge on any atom is 0.231 e. The van der Waals surface area contributed by atoms with Crippen LogP contribution in [-0.2, 0) is 0 Å². The summed E-state index contributed by atoms with van der Waals surface area (Å²) in [6, 6.07) is 8.26. The zero-order valence-electron chi connectivity index (χ0n) is 11.4. The molecule has 0 atom stereocenters. The van der Waals surface area contributed by atoms with E-state index >= 15 is 0 Å². The molecule has 1 aromatic heterocycles. The smallest absolute Gasteiger partial charge is 0.231 e. The van der Waals surface area contributed by atoms with Gasteiger partial charge in [-0.1, -0.05) is 13.3 Å². The van der Waals surface area contributed by atoms with Crippen molar-refractivity contribution in [2.45, 2.75) is 19.8 Å². The molecule has 3 heterocycles. The number of aromatic nitrogens is 1. The Bertz CT molecular complexity index is 700. The van der Waals surface area contributed by atoms with E-state index in [1.807, 2.05) is 6.07 Å². The lowest BCUT2D eigenvalue weighted by Gasteiger charge is -2.04. The number of unbranched alkanes of at least 4 members (excludes halogenated alkanes) is 1. The third-order valence-electron chi connectivity index (χ3n) is 3.78. The lowest BCUT2D eigenvalue weighted by Crippen LogP contribution is -2.00. The summed E-state index contributed by atoms with van der Waals surface area (Å²) in [5.74, 6) is 1.64. The van der Waals surface area contributed by atoms with Crippen molar-refractivity contribution in [2.24, 2.45) is 4.99 Å². The highest BCUT2D eigenvalue weighted by Gasteiger charge is 2.28. The van der Waals surface area contributed by atoms with Crippen LogP contribution < -0.4 is 9.47 Å². The SMILES string of the molecule is CCCCN=C1c2cc3c(cc2-n2cccc21)OCO3. The van der Waals surface area contributed by atoms with E-state index in [0.29, 0.717) is 6.79 Å². The van der Waals surface area contributed by atoms with E-state index in [9.17, 15) is 0 Å². The highest BCUT2D eigenvalue weighted by molar-refractivity contribution is 6.17. The first-order valence-electron chi connectivity index (χ1n) is 7.05. The molecule has 2 aromatic rings. The monoisotopic (exact) mass is 268 g/mol. The van der Waals surface area contributed by atoms with Crippen LogP contribution in [0.15, 0.2) is 35.5 Å². The highest BCUT2D eigenvalue weighted by atomic mass is 16.7. The van der Waals surface area contributed by atoms with Gasteiger partial charge in [0.05, 0.1) is 17.1 Å².